The number of thioether (sulfide) groups is 2. The van der Waals surface area contributed by atoms with Crippen molar-refractivity contribution in [3.63, 3.8) is 0 Å². The fraction of sp³-hybridized carbons (Fsp3) is 0.133. The van der Waals surface area contributed by atoms with Crippen LogP contribution in [0.1, 0.15) is 5.56 Å². The second-order valence-electron chi connectivity index (χ2n) is 4.07. The van der Waals surface area contributed by atoms with Gasteiger partial charge in [0.25, 0.3) is 0 Å². The number of hydrogen-bond donors (Lipinski definition) is 2. The van der Waals surface area contributed by atoms with E-state index in [9.17, 15) is 0 Å². The lowest BCUT2D eigenvalue weighted by atomic mass is 10.1. The number of rotatable bonds is 5. The van der Waals surface area contributed by atoms with Gasteiger partial charge < -0.3 is 11.1 Å². The van der Waals surface area contributed by atoms with Gasteiger partial charge in [-0.2, -0.15) is 0 Å². The van der Waals surface area contributed by atoms with Crippen molar-refractivity contribution in [3.05, 3.63) is 48.0 Å². The van der Waals surface area contributed by atoms with Crippen molar-refractivity contribution in [3.8, 4) is 0 Å². The molecule has 0 aromatic heterocycles. The van der Waals surface area contributed by atoms with Crippen LogP contribution in [0.3, 0.4) is 0 Å². The lowest BCUT2D eigenvalue weighted by molar-refractivity contribution is 1.36. The van der Waals surface area contributed by atoms with Crippen LogP contribution in [0.5, 0.6) is 0 Å². The minimum Gasteiger partial charge on any atom is -0.389 e. The highest BCUT2D eigenvalue weighted by Gasteiger charge is 2.11. The normalized spacial score (nSPS) is 10.3. The molecule has 0 fully saturated rings. The van der Waals surface area contributed by atoms with Gasteiger partial charge >= 0.3 is 0 Å². The Hall–Kier alpha value is -1.17. The summed E-state index contributed by atoms with van der Waals surface area (Å²) in [4.78, 5) is 2.69. The first-order chi connectivity index (χ1) is 9.67. The maximum absolute atomic E-state index is 5.89. The monoisotopic (exact) mass is 320 g/mol. The molecule has 0 saturated carbocycles. The van der Waals surface area contributed by atoms with Crippen molar-refractivity contribution < 1.29 is 0 Å². The fourth-order valence-electron chi connectivity index (χ4n) is 1.95. The number of hydrogen-bond acceptors (Lipinski definition) is 4. The van der Waals surface area contributed by atoms with Crippen molar-refractivity contribution in [2.75, 3.05) is 17.8 Å². The molecule has 0 bridgehead atoms. The average molecular weight is 321 g/mol. The number of thiocarbonyl (C=S) groups is 1. The summed E-state index contributed by atoms with van der Waals surface area (Å²) < 4.78 is 0. The minimum absolute atomic E-state index is 0.416. The van der Waals surface area contributed by atoms with Crippen LogP contribution in [0.4, 0.5) is 11.4 Å². The molecule has 0 saturated heterocycles. The molecule has 5 heteroatoms. The lowest BCUT2D eigenvalue weighted by Gasteiger charge is -2.16. The molecular weight excluding hydrogens is 304 g/mol. The van der Waals surface area contributed by atoms with Crippen molar-refractivity contribution in [1.82, 2.24) is 0 Å². The van der Waals surface area contributed by atoms with Crippen LogP contribution in [0.25, 0.3) is 0 Å². The minimum atomic E-state index is 0.416. The van der Waals surface area contributed by atoms with Crippen LogP contribution in [0.2, 0.25) is 0 Å². The first kappa shape index (κ1) is 15.2. The van der Waals surface area contributed by atoms with Crippen molar-refractivity contribution >= 4 is 52.1 Å². The van der Waals surface area contributed by atoms with Gasteiger partial charge in [-0.15, -0.1) is 23.5 Å². The van der Waals surface area contributed by atoms with Crippen LogP contribution in [-0.4, -0.2) is 17.5 Å². The Morgan fingerprint density at radius 1 is 0.950 bits per heavy atom. The Morgan fingerprint density at radius 3 is 2.20 bits per heavy atom. The molecule has 0 amide bonds. The highest BCUT2D eigenvalue weighted by Crippen LogP contribution is 2.32. The van der Waals surface area contributed by atoms with Crippen LogP contribution in [0, 0.1) is 0 Å². The molecule has 2 rings (SSSR count). The summed E-state index contributed by atoms with van der Waals surface area (Å²) in [5, 5.41) is 3.45. The second-order valence-corrected chi connectivity index (χ2v) is 6.21. The molecule has 20 heavy (non-hydrogen) atoms. The molecule has 0 atom stereocenters. The Labute approximate surface area is 133 Å². The first-order valence-corrected chi connectivity index (χ1v) is 8.90. The zero-order valence-electron chi connectivity index (χ0n) is 11.3. The van der Waals surface area contributed by atoms with E-state index >= 15 is 0 Å². The van der Waals surface area contributed by atoms with Crippen LogP contribution in [-0.2, 0) is 0 Å². The summed E-state index contributed by atoms with van der Waals surface area (Å²) >= 11 is 8.55. The van der Waals surface area contributed by atoms with E-state index in [1.54, 1.807) is 23.5 Å². The number of nitrogens with two attached hydrogens (primary N) is 1. The van der Waals surface area contributed by atoms with E-state index in [0.717, 1.165) is 21.8 Å². The zero-order chi connectivity index (χ0) is 14.5. The number of anilines is 2. The van der Waals surface area contributed by atoms with Gasteiger partial charge in [0, 0.05) is 21.0 Å². The van der Waals surface area contributed by atoms with Crippen molar-refractivity contribution in [2.45, 2.75) is 9.79 Å². The summed E-state index contributed by atoms with van der Waals surface area (Å²) in [6.45, 7) is 0. The third-order valence-electron chi connectivity index (χ3n) is 2.87. The molecule has 0 aliphatic heterocycles. The maximum Gasteiger partial charge on any atom is 0.107 e. The molecule has 0 heterocycles. The van der Waals surface area contributed by atoms with E-state index in [1.807, 2.05) is 36.6 Å². The van der Waals surface area contributed by atoms with E-state index in [1.165, 1.54) is 4.90 Å². The molecule has 104 valence electrons. The topological polar surface area (TPSA) is 38.0 Å². The van der Waals surface area contributed by atoms with Crippen molar-refractivity contribution in [2.24, 2.45) is 5.73 Å². The molecule has 2 aromatic rings. The molecule has 0 radical (unpaired) electrons. The molecule has 3 N–H and O–H groups in total. The SMILES string of the molecule is CSc1ccccc1Nc1cccc(SC)c1C(N)=S. The largest absolute Gasteiger partial charge is 0.389 e. The van der Waals surface area contributed by atoms with Gasteiger partial charge in [0.15, 0.2) is 0 Å². The highest BCUT2D eigenvalue weighted by molar-refractivity contribution is 7.99. The van der Waals surface area contributed by atoms with E-state index in [0.29, 0.717) is 4.99 Å². The van der Waals surface area contributed by atoms with E-state index < -0.39 is 0 Å². The second kappa shape index (κ2) is 7.02. The standard InChI is InChI=1S/C15H16N2S3/c1-19-12-8-4-3-6-10(12)17-11-7-5-9-13(20-2)14(11)15(16)18/h3-9,17H,1-2H3,(H2,16,18). The number of nitrogens with one attached hydrogen (secondary N) is 1. The molecule has 0 spiro atoms. The first-order valence-electron chi connectivity index (χ1n) is 6.04. The summed E-state index contributed by atoms with van der Waals surface area (Å²) in [7, 11) is 0. The van der Waals surface area contributed by atoms with Gasteiger partial charge in [0.2, 0.25) is 0 Å². The summed E-state index contributed by atoms with van der Waals surface area (Å²) in [5.41, 5.74) is 8.81. The van der Waals surface area contributed by atoms with Gasteiger partial charge in [0.1, 0.15) is 4.99 Å². The van der Waals surface area contributed by atoms with Gasteiger partial charge in [-0.05, 0) is 36.8 Å². The Balaban J connectivity index is 2.46. The van der Waals surface area contributed by atoms with Gasteiger partial charge in [-0.1, -0.05) is 30.4 Å². The Morgan fingerprint density at radius 2 is 1.55 bits per heavy atom. The van der Waals surface area contributed by atoms with Gasteiger partial charge in [0.05, 0.1) is 5.69 Å². The Bertz CT molecular complexity index is 626. The third-order valence-corrected chi connectivity index (χ3v) is 4.65. The van der Waals surface area contributed by atoms with E-state index in [4.69, 9.17) is 18.0 Å². The fourth-order valence-corrected chi connectivity index (χ4v) is 3.43. The van der Waals surface area contributed by atoms with E-state index in [2.05, 4.69) is 23.7 Å². The van der Waals surface area contributed by atoms with Crippen LogP contribution in [0.15, 0.2) is 52.3 Å². The van der Waals surface area contributed by atoms with Gasteiger partial charge in [-0.3, -0.25) is 0 Å². The van der Waals surface area contributed by atoms with E-state index in [-0.39, 0.29) is 0 Å². The predicted octanol–water partition coefficient (Wildman–Crippen LogP) is 4.51. The van der Waals surface area contributed by atoms with Crippen LogP contribution < -0.4 is 11.1 Å². The van der Waals surface area contributed by atoms with Crippen molar-refractivity contribution in [1.29, 1.82) is 0 Å². The zero-order valence-corrected chi connectivity index (χ0v) is 13.8. The number of benzene rings is 2. The third kappa shape index (κ3) is 3.29. The summed E-state index contributed by atoms with van der Waals surface area (Å²) in [6.07, 6.45) is 4.09. The smallest absolute Gasteiger partial charge is 0.107 e. The molecule has 0 aliphatic rings. The van der Waals surface area contributed by atoms with Crippen LogP contribution >= 0.6 is 35.7 Å². The van der Waals surface area contributed by atoms with Gasteiger partial charge in [-0.25, -0.2) is 0 Å². The number of para-hydroxylation sites is 1. The molecule has 2 aromatic carbocycles. The predicted molar refractivity (Wildman–Crippen MR) is 95.6 cm³/mol. The molecule has 0 unspecified atom stereocenters. The molecule has 2 nitrogen and oxygen atoms in total. The average Bonchev–Trinajstić information content (AvgIpc) is 2.47. The summed E-state index contributed by atoms with van der Waals surface area (Å²) in [6, 6.07) is 14.2. The molecular formula is C15H16N2S3. The highest BCUT2D eigenvalue weighted by atomic mass is 32.2. The summed E-state index contributed by atoms with van der Waals surface area (Å²) in [5.74, 6) is 0. The lowest BCUT2D eigenvalue weighted by Crippen LogP contribution is -2.13. The Kier molecular flexibility index (Phi) is 5.34. The maximum atomic E-state index is 5.89. The quantitative estimate of drug-likeness (QED) is 0.626. The molecule has 0 aliphatic carbocycles.